The minimum atomic E-state index is -0.181. The number of amides is 1. The number of carbonyl (C=O) groups excluding carboxylic acids is 1. The third-order valence-corrected chi connectivity index (χ3v) is 6.96. The molecule has 1 saturated heterocycles. The molecule has 2 aliphatic rings. The van der Waals surface area contributed by atoms with Crippen molar-refractivity contribution in [1.29, 1.82) is 5.26 Å². The molecule has 1 fully saturated rings. The monoisotopic (exact) mass is 433 g/mol. The summed E-state index contributed by atoms with van der Waals surface area (Å²) in [5, 5.41) is 10.8. The average Bonchev–Trinajstić information content (AvgIpc) is 2.79. The summed E-state index contributed by atoms with van der Waals surface area (Å²) < 4.78 is 5.78. The van der Waals surface area contributed by atoms with Gasteiger partial charge in [-0.2, -0.15) is 5.26 Å². The Morgan fingerprint density at radius 2 is 1.94 bits per heavy atom. The van der Waals surface area contributed by atoms with E-state index >= 15 is 0 Å². The van der Waals surface area contributed by atoms with Gasteiger partial charge in [-0.25, -0.2) is 0 Å². The summed E-state index contributed by atoms with van der Waals surface area (Å²) in [7, 11) is 0. The molecular weight excluding hydrogens is 406 g/mol. The highest BCUT2D eigenvalue weighted by atomic mass is 32.2. The van der Waals surface area contributed by atoms with Crippen molar-refractivity contribution in [2.75, 3.05) is 24.1 Å². The van der Waals surface area contributed by atoms with Gasteiger partial charge in [0.1, 0.15) is 5.75 Å². The van der Waals surface area contributed by atoms with Crippen LogP contribution in [0.15, 0.2) is 59.1 Å². The summed E-state index contributed by atoms with van der Waals surface area (Å²) in [6.45, 7) is 7.29. The highest BCUT2D eigenvalue weighted by molar-refractivity contribution is 8.03. The normalized spacial score (nSPS) is 18.8. The number of hydrogen-bond acceptors (Lipinski definition) is 5. The van der Waals surface area contributed by atoms with Crippen molar-refractivity contribution in [1.82, 2.24) is 4.90 Å². The molecule has 0 radical (unpaired) electrons. The zero-order chi connectivity index (χ0) is 22.0. The molecule has 0 unspecified atom stereocenters. The molecule has 0 saturated carbocycles. The molecule has 31 heavy (non-hydrogen) atoms. The number of thioether (sulfide) groups is 1. The number of allylic oxidation sites excluding steroid dienone is 1. The predicted octanol–water partition coefficient (Wildman–Crippen LogP) is 5.43. The van der Waals surface area contributed by atoms with Crippen molar-refractivity contribution < 1.29 is 9.53 Å². The molecule has 1 amide bonds. The van der Waals surface area contributed by atoms with Crippen LogP contribution >= 0.6 is 11.8 Å². The lowest BCUT2D eigenvalue weighted by molar-refractivity contribution is -0.129. The van der Waals surface area contributed by atoms with Gasteiger partial charge in [0.25, 0.3) is 0 Å². The summed E-state index contributed by atoms with van der Waals surface area (Å²) in [5.74, 6) is 1.79. The number of anilines is 1. The zero-order valence-corrected chi connectivity index (χ0v) is 19.0. The third kappa shape index (κ3) is 4.15. The standard InChI is InChI=1S/C25H27N3O2S/c1-4-30-23-8-6-5-7-22(23)27-15-28-24(29)13-20(21(14-26)25(28)31-16-27)19-11-9-18(10-12-19)17(2)3/h5-12,17,20H,4,13,15-16H2,1-3H3/t20-/m1/s1. The second kappa shape index (κ2) is 9.07. The number of nitrogens with zero attached hydrogens (tertiary/aromatic N) is 3. The molecule has 0 aromatic heterocycles. The fourth-order valence-electron chi connectivity index (χ4n) is 4.11. The maximum absolute atomic E-state index is 13.1. The van der Waals surface area contributed by atoms with Crippen molar-refractivity contribution in [3.63, 3.8) is 0 Å². The molecule has 0 N–H and O–H groups in total. The second-order valence-corrected chi connectivity index (χ2v) is 9.02. The molecular formula is C25H27N3O2S. The molecule has 2 heterocycles. The fourth-order valence-corrected chi connectivity index (χ4v) is 5.27. The van der Waals surface area contributed by atoms with Gasteiger partial charge in [0.15, 0.2) is 0 Å². The van der Waals surface area contributed by atoms with E-state index in [1.54, 1.807) is 16.7 Å². The van der Waals surface area contributed by atoms with Crippen LogP contribution in [0, 0.1) is 11.3 Å². The lowest BCUT2D eigenvalue weighted by Gasteiger charge is -2.42. The lowest BCUT2D eigenvalue weighted by atomic mass is 9.85. The fraction of sp³-hybridized carbons (Fsp3) is 0.360. The van der Waals surface area contributed by atoms with E-state index in [4.69, 9.17) is 4.74 Å². The molecule has 6 heteroatoms. The lowest BCUT2D eigenvalue weighted by Crippen LogP contribution is -2.47. The Hall–Kier alpha value is -2.91. The topological polar surface area (TPSA) is 56.6 Å². The quantitative estimate of drug-likeness (QED) is 0.629. The minimum absolute atomic E-state index is 0.0537. The Morgan fingerprint density at radius 3 is 2.61 bits per heavy atom. The smallest absolute Gasteiger partial charge is 0.229 e. The summed E-state index contributed by atoms with van der Waals surface area (Å²) in [6.07, 6.45) is 0.314. The molecule has 2 aliphatic heterocycles. The van der Waals surface area contributed by atoms with Gasteiger partial charge >= 0.3 is 0 Å². The van der Waals surface area contributed by atoms with E-state index in [1.165, 1.54) is 5.56 Å². The van der Waals surface area contributed by atoms with Crippen LogP contribution in [0.3, 0.4) is 0 Å². The first-order chi connectivity index (χ1) is 15.0. The van der Waals surface area contributed by atoms with Gasteiger partial charge in [-0.1, -0.05) is 62.0 Å². The van der Waals surface area contributed by atoms with Crippen LogP contribution in [-0.2, 0) is 4.79 Å². The number of fused-ring (bicyclic) bond motifs is 1. The highest BCUT2D eigenvalue weighted by Gasteiger charge is 2.38. The second-order valence-electron chi connectivity index (χ2n) is 8.09. The molecule has 1 atom stereocenters. The molecule has 5 nitrogen and oxygen atoms in total. The van der Waals surface area contributed by atoms with Crippen LogP contribution in [0.25, 0.3) is 0 Å². The van der Waals surface area contributed by atoms with Crippen LogP contribution in [0.5, 0.6) is 5.75 Å². The highest BCUT2D eigenvalue weighted by Crippen LogP contribution is 2.44. The van der Waals surface area contributed by atoms with Gasteiger partial charge in [-0.05, 0) is 36.1 Å². The van der Waals surface area contributed by atoms with Crippen molar-refractivity contribution in [3.8, 4) is 11.8 Å². The largest absolute Gasteiger partial charge is 0.492 e. The van der Waals surface area contributed by atoms with Crippen LogP contribution in [0.4, 0.5) is 5.69 Å². The first-order valence-corrected chi connectivity index (χ1v) is 11.7. The van der Waals surface area contributed by atoms with Gasteiger partial charge in [0.05, 0.1) is 41.5 Å². The SMILES string of the molecule is CCOc1ccccc1N1CSC2=C(C#N)[C@@H](c3ccc(C(C)C)cc3)CC(=O)N2C1. The summed E-state index contributed by atoms with van der Waals surface area (Å²) in [5.41, 5.74) is 3.95. The molecule has 2 aromatic carbocycles. The molecule has 0 spiro atoms. The Balaban J connectivity index is 1.63. The molecule has 0 bridgehead atoms. The van der Waals surface area contributed by atoms with E-state index in [9.17, 15) is 10.1 Å². The Labute approximate surface area is 188 Å². The third-order valence-electron chi connectivity index (χ3n) is 5.80. The van der Waals surface area contributed by atoms with E-state index in [0.717, 1.165) is 22.0 Å². The van der Waals surface area contributed by atoms with Crippen LogP contribution in [0.1, 0.15) is 50.2 Å². The zero-order valence-electron chi connectivity index (χ0n) is 18.2. The first-order valence-electron chi connectivity index (χ1n) is 10.7. The number of nitriles is 1. The molecule has 160 valence electrons. The van der Waals surface area contributed by atoms with Gasteiger partial charge in [-0.3, -0.25) is 9.69 Å². The van der Waals surface area contributed by atoms with Gasteiger partial charge < -0.3 is 9.64 Å². The number of para-hydroxylation sites is 2. The number of ether oxygens (including phenoxy) is 1. The van der Waals surface area contributed by atoms with Crippen LogP contribution < -0.4 is 9.64 Å². The summed E-state index contributed by atoms with van der Waals surface area (Å²) in [6, 6.07) is 18.7. The Kier molecular flexibility index (Phi) is 6.24. The Morgan fingerprint density at radius 1 is 1.19 bits per heavy atom. The predicted molar refractivity (Wildman–Crippen MR) is 125 cm³/mol. The molecule has 0 aliphatic carbocycles. The van der Waals surface area contributed by atoms with Gasteiger partial charge in [0.2, 0.25) is 5.91 Å². The number of hydrogen-bond donors (Lipinski definition) is 0. The number of carbonyl (C=O) groups is 1. The maximum atomic E-state index is 13.1. The number of benzene rings is 2. The van der Waals surface area contributed by atoms with E-state index in [-0.39, 0.29) is 11.8 Å². The van der Waals surface area contributed by atoms with Crippen molar-refractivity contribution in [2.24, 2.45) is 0 Å². The van der Waals surface area contributed by atoms with Crippen LogP contribution in [0.2, 0.25) is 0 Å². The number of rotatable bonds is 5. The van der Waals surface area contributed by atoms with E-state index in [1.807, 2.05) is 31.2 Å². The molecule has 2 aromatic rings. The van der Waals surface area contributed by atoms with Crippen molar-refractivity contribution in [3.05, 3.63) is 70.3 Å². The van der Waals surface area contributed by atoms with Gasteiger partial charge in [0, 0.05) is 12.3 Å². The van der Waals surface area contributed by atoms with Crippen molar-refractivity contribution >= 4 is 23.4 Å². The van der Waals surface area contributed by atoms with E-state index < -0.39 is 0 Å². The van der Waals surface area contributed by atoms with E-state index in [2.05, 4.69) is 49.1 Å². The summed E-state index contributed by atoms with van der Waals surface area (Å²) >= 11 is 1.55. The summed E-state index contributed by atoms with van der Waals surface area (Å²) in [4.78, 5) is 17.0. The Bertz CT molecular complexity index is 1040. The van der Waals surface area contributed by atoms with Crippen molar-refractivity contribution in [2.45, 2.75) is 39.0 Å². The first kappa shape index (κ1) is 21.3. The minimum Gasteiger partial charge on any atom is -0.492 e. The van der Waals surface area contributed by atoms with Crippen LogP contribution in [-0.4, -0.2) is 30.0 Å². The maximum Gasteiger partial charge on any atom is 0.229 e. The van der Waals surface area contributed by atoms with E-state index in [0.29, 0.717) is 37.1 Å². The average molecular weight is 434 g/mol. The molecule has 4 rings (SSSR count). The van der Waals surface area contributed by atoms with Gasteiger partial charge in [-0.15, -0.1) is 0 Å².